The SMILES string of the molecule is CCOc1ccc(C(C)(C)C)cc1C(=O)c1ccccc1Cl. The Morgan fingerprint density at radius 1 is 1.09 bits per heavy atom. The van der Waals surface area contributed by atoms with Crippen LogP contribution >= 0.6 is 11.6 Å². The van der Waals surface area contributed by atoms with Crippen LogP contribution in [0.15, 0.2) is 42.5 Å². The monoisotopic (exact) mass is 316 g/mol. The molecule has 0 radical (unpaired) electrons. The van der Waals surface area contributed by atoms with Crippen LogP contribution in [0.2, 0.25) is 5.02 Å². The number of hydrogen-bond donors (Lipinski definition) is 0. The fourth-order valence-electron chi connectivity index (χ4n) is 2.25. The number of ketones is 1. The summed E-state index contributed by atoms with van der Waals surface area (Å²) in [5, 5.41) is 0.455. The lowest BCUT2D eigenvalue weighted by Gasteiger charge is -2.21. The van der Waals surface area contributed by atoms with E-state index in [2.05, 4.69) is 20.8 Å². The van der Waals surface area contributed by atoms with Crippen LogP contribution in [0.25, 0.3) is 0 Å². The van der Waals surface area contributed by atoms with Crippen LogP contribution in [0.4, 0.5) is 0 Å². The predicted molar refractivity (Wildman–Crippen MR) is 91.2 cm³/mol. The molecule has 0 aromatic heterocycles. The number of halogens is 1. The summed E-state index contributed by atoms with van der Waals surface area (Å²) in [6.45, 7) is 8.77. The van der Waals surface area contributed by atoms with E-state index in [1.54, 1.807) is 12.1 Å². The summed E-state index contributed by atoms with van der Waals surface area (Å²) >= 11 is 6.17. The third-order valence-electron chi connectivity index (χ3n) is 3.51. The van der Waals surface area contributed by atoms with Gasteiger partial charge in [0.05, 0.1) is 17.2 Å². The fraction of sp³-hybridized carbons (Fsp3) is 0.316. The van der Waals surface area contributed by atoms with E-state index < -0.39 is 0 Å². The molecule has 0 atom stereocenters. The Kier molecular flexibility index (Phi) is 4.92. The van der Waals surface area contributed by atoms with Crippen molar-refractivity contribution in [2.45, 2.75) is 33.1 Å². The van der Waals surface area contributed by atoms with Gasteiger partial charge in [-0.2, -0.15) is 0 Å². The smallest absolute Gasteiger partial charge is 0.198 e. The molecule has 0 heterocycles. The van der Waals surface area contributed by atoms with Crippen LogP contribution in [-0.4, -0.2) is 12.4 Å². The normalized spacial score (nSPS) is 11.3. The highest BCUT2D eigenvalue weighted by Gasteiger charge is 2.21. The van der Waals surface area contributed by atoms with Gasteiger partial charge in [0.1, 0.15) is 5.75 Å². The van der Waals surface area contributed by atoms with Crippen LogP contribution < -0.4 is 4.74 Å². The van der Waals surface area contributed by atoms with Crippen molar-refractivity contribution in [3.05, 3.63) is 64.2 Å². The molecule has 2 nitrogen and oxygen atoms in total. The number of ether oxygens (including phenoxy) is 1. The topological polar surface area (TPSA) is 26.3 Å². The van der Waals surface area contributed by atoms with Gasteiger partial charge in [0.25, 0.3) is 0 Å². The molecule has 3 heteroatoms. The second-order valence-electron chi connectivity index (χ2n) is 6.20. The van der Waals surface area contributed by atoms with Crippen molar-refractivity contribution in [1.82, 2.24) is 0 Å². The highest BCUT2D eigenvalue weighted by atomic mass is 35.5. The summed E-state index contributed by atoms with van der Waals surface area (Å²) in [4.78, 5) is 12.9. The quantitative estimate of drug-likeness (QED) is 0.718. The van der Waals surface area contributed by atoms with E-state index in [0.717, 1.165) is 5.56 Å². The van der Waals surface area contributed by atoms with E-state index >= 15 is 0 Å². The highest BCUT2D eigenvalue weighted by molar-refractivity contribution is 6.35. The van der Waals surface area contributed by atoms with Crippen molar-refractivity contribution < 1.29 is 9.53 Å². The Morgan fingerprint density at radius 2 is 1.77 bits per heavy atom. The van der Waals surface area contributed by atoms with Crippen LogP contribution in [0, 0.1) is 0 Å². The van der Waals surface area contributed by atoms with E-state index in [1.165, 1.54) is 0 Å². The third-order valence-corrected chi connectivity index (χ3v) is 3.84. The second kappa shape index (κ2) is 6.53. The van der Waals surface area contributed by atoms with Gasteiger partial charge < -0.3 is 4.74 Å². The average Bonchev–Trinajstić information content (AvgIpc) is 2.46. The van der Waals surface area contributed by atoms with E-state index in [9.17, 15) is 4.79 Å². The first-order valence-corrected chi connectivity index (χ1v) is 7.79. The van der Waals surface area contributed by atoms with Crippen molar-refractivity contribution in [2.75, 3.05) is 6.61 Å². The average molecular weight is 317 g/mol. The van der Waals surface area contributed by atoms with E-state index in [1.807, 2.05) is 37.3 Å². The minimum Gasteiger partial charge on any atom is -0.493 e. The van der Waals surface area contributed by atoms with E-state index in [4.69, 9.17) is 16.3 Å². The molecular formula is C19H21ClO2. The Balaban J connectivity index is 2.56. The van der Waals surface area contributed by atoms with E-state index in [-0.39, 0.29) is 11.2 Å². The van der Waals surface area contributed by atoms with Crippen molar-refractivity contribution in [1.29, 1.82) is 0 Å². The summed E-state index contributed by atoms with van der Waals surface area (Å²) in [6, 6.07) is 12.9. The minimum atomic E-state index is -0.111. The van der Waals surface area contributed by atoms with Gasteiger partial charge >= 0.3 is 0 Å². The molecule has 0 aliphatic heterocycles. The van der Waals surface area contributed by atoms with Crippen molar-refractivity contribution >= 4 is 17.4 Å². The first-order chi connectivity index (χ1) is 10.3. The fourth-order valence-corrected chi connectivity index (χ4v) is 2.47. The van der Waals surface area contributed by atoms with Crippen molar-refractivity contribution in [2.24, 2.45) is 0 Å². The molecule has 116 valence electrons. The lowest BCUT2D eigenvalue weighted by atomic mass is 9.85. The highest BCUT2D eigenvalue weighted by Crippen LogP contribution is 2.31. The first kappa shape index (κ1) is 16.6. The van der Waals surface area contributed by atoms with Gasteiger partial charge in [0.15, 0.2) is 5.78 Å². The number of rotatable bonds is 4. The number of benzene rings is 2. The molecule has 2 aromatic rings. The molecule has 0 amide bonds. The maximum atomic E-state index is 12.9. The van der Waals surface area contributed by atoms with Crippen LogP contribution in [-0.2, 0) is 5.41 Å². The Morgan fingerprint density at radius 3 is 2.36 bits per heavy atom. The van der Waals surface area contributed by atoms with Gasteiger partial charge in [-0.1, -0.05) is 50.6 Å². The largest absolute Gasteiger partial charge is 0.493 e. The summed E-state index contributed by atoms with van der Waals surface area (Å²) < 4.78 is 5.62. The van der Waals surface area contributed by atoms with Crippen LogP contribution in [0.3, 0.4) is 0 Å². The van der Waals surface area contributed by atoms with Gasteiger partial charge in [-0.25, -0.2) is 0 Å². The second-order valence-corrected chi connectivity index (χ2v) is 6.61. The molecule has 2 aromatic carbocycles. The molecule has 0 unspecified atom stereocenters. The molecule has 0 N–H and O–H groups in total. The summed E-state index contributed by atoms with van der Waals surface area (Å²) in [5.74, 6) is 0.487. The summed E-state index contributed by atoms with van der Waals surface area (Å²) in [5.41, 5.74) is 2.10. The molecule has 0 bridgehead atoms. The molecule has 0 fully saturated rings. The lowest BCUT2D eigenvalue weighted by Crippen LogP contribution is -2.14. The van der Waals surface area contributed by atoms with E-state index in [0.29, 0.717) is 28.5 Å². The summed E-state index contributed by atoms with van der Waals surface area (Å²) in [6.07, 6.45) is 0. The molecule has 22 heavy (non-hydrogen) atoms. The predicted octanol–water partition coefficient (Wildman–Crippen LogP) is 5.27. The number of carbonyl (C=O) groups is 1. The van der Waals surface area contributed by atoms with Crippen molar-refractivity contribution in [3.8, 4) is 5.75 Å². The maximum Gasteiger partial charge on any atom is 0.198 e. The van der Waals surface area contributed by atoms with Crippen LogP contribution in [0.5, 0.6) is 5.75 Å². The Hall–Kier alpha value is -1.80. The zero-order chi connectivity index (χ0) is 16.3. The standard InChI is InChI=1S/C19H21ClO2/c1-5-22-17-11-10-13(19(2,3)4)12-15(17)18(21)14-8-6-7-9-16(14)20/h6-12H,5H2,1-4H3. The Bertz CT molecular complexity index is 684. The van der Waals surface area contributed by atoms with Gasteiger partial charge in [-0.3, -0.25) is 4.79 Å². The first-order valence-electron chi connectivity index (χ1n) is 7.41. The third kappa shape index (κ3) is 3.50. The van der Waals surface area contributed by atoms with Crippen molar-refractivity contribution in [3.63, 3.8) is 0 Å². The van der Waals surface area contributed by atoms with Gasteiger partial charge in [-0.05, 0) is 42.2 Å². The molecule has 2 rings (SSSR count). The minimum absolute atomic E-state index is 0.0414. The number of carbonyl (C=O) groups excluding carboxylic acids is 1. The van der Waals surface area contributed by atoms with Crippen LogP contribution in [0.1, 0.15) is 49.2 Å². The maximum absolute atomic E-state index is 12.9. The molecular weight excluding hydrogens is 296 g/mol. The lowest BCUT2D eigenvalue weighted by molar-refractivity contribution is 0.103. The zero-order valence-corrected chi connectivity index (χ0v) is 14.2. The molecule has 0 aliphatic rings. The molecule has 0 aliphatic carbocycles. The molecule has 0 spiro atoms. The van der Waals surface area contributed by atoms with Gasteiger partial charge in [0, 0.05) is 5.56 Å². The van der Waals surface area contributed by atoms with Gasteiger partial charge in [-0.15, -0.1) is 0 Å². The molecule has 0 saturated carbocycles. The Labute approximate surface area is 137 Å². The van der Waals surface area contributed by atoms with Gasteiger partial charge in [0.2, 0.25) is 0 Å². The summed E-state index contributed by atoms with van der Waals surface area (Å²) in [7, 11) is 0. The molecule has 0 saturated heterocycles. The zero-order valence-electron chi connectivity index (χ0n) is 13.4. The number of hydrogen-bond acceptors (Lipinski definition) is 2.